The molecule has 1 N–H and O–H groups in total. The number of carbonyl (C=O) groups excluding carboxylic acids is 1. The summed E-state index contributed by atoms with van der Waals surface area (Å²) in [7, 11) is 0. The Hall–Kier alpha value is -1.42. The zero-order chi connectivity index (χ0) is 15.1. The van der Waals surface area contributed by atoms with Gasteiger partial charge in [0.25, 0.3) is 0 Å². The van der Waals surface area contributed by atoms with Crippen molar-refractivity contribution < 1.29 is 9.53 Å². The molecule has 1 aromatic rings. The summed E-state index contributed by atoms with van der Waals surface area (Å²) in [5, 5.41) is 4.22. The van der Waals surface area contributed by atoms with Gasteiger partial charge in [0.2, 0.25) is 0 Å². The molecule has 1 aliphatic heterocycles. The van der Waals surface area contributed by atoms with E-state index in [1.807, 2.05) is 24.3 Å². The molecule has 1 fully saturated rings. The van der Waals surface area contributed by atoms with Crippen molar-refractivity contribution in [1.82, 2.24) is 4.90 Å². The first kappa shape index (κ1) is 16.0. The van der Waals surface area contributed by atoms with Crippen LogP contribution in [0, 0.1) is 0 Å². The molecule has 0 aliphatic carbocycles. The minimum absolute atomic E-state index is 0.173. The first-order valence-corrected chi connectivity index (χ1v) is 8.00. The number of hydrogen-bond acceptors (Lipinski definition) is 3. The average Bonchev–Trinajstić information content (AvgIpc) is 2.50. The topological polar surface area (TPSA) is 41.6 Å². The van der Waals surface area contributed by atoms with Gasteiger partial charge in [0, 0.05) is 29.8 Å². The fraction of sp³-hybridized carbons (Fsp3) is 0.562. The second kappa shape index (κ2) is 8.13. The lowest BCUT2D eigenvalue weighted by Crippen LogP contribution is -2.42. The molecule has 0 atom stereocenters. The fourth-order valence-corrected chi connectivity index (χ4v) is 2.51. The molecular formula is C16H23ClN2O2. The highest BCUT2D eigenvalue weighted by molar-refractivity contribution is 6.30. The summed E-state index contributed by atoms with van der Waals surface area (Å²) in [6.07, 6.45) is 3.67. The lowest BCUT2D eigenvalue weighted by molar-refractivity contribution is 0.0928. The monoisotopic (exact) mass is 310 g/mol. The Labute approximate surface area is 131 Å². The van der Waals surface area contributed by atoms with E-state index in [1.54, 1.807) is 4.90 Å². The summed E-state index contributed by atoms with van der Waals surface area (Å²) >= 11 is 5.87. The molecule has 1 aliphatic rings. The molecule has 0 spiro atoms. The van der Waals surface area contributed by atoms with Gasteiger partial charge < -0.3 is 15.0 Å². The quantitative estimate of drug-likeness (QED) is 0.831. The fourth-order valence-electron chi connectivity index (χ4n) is 2.38. The lowest BCUT2D eigenvalue weighted by atomic mass is 10.1. The zero-order valence-corrected chi connectivity index (χ0v) is 13.2. The maximum atomic E-state index is 11.8. The smallest absolute Gasteiger partial charge is 0.409 e. The van der Waals surface area contributed by atoms with Crippen molar-refractivity contribution in [2.24, 2.45) is 0 Å². The molecule has 4 nitrogen and oxygen atoms in total. The second-order valence-electron chi connectivity index (χ2n) is 5.38. The Balaban J connectivity index is 1.72. The van der Waals surface area contributed by atoms with Gasteiger partial charge in [-0.3, -0.25) is 0 Å². The number of hydrogen-bond donors (Lipinski definition) is 1. The standard InChI is InChI=1S/C16H23ClN2O2/c1-2-3-12-21-16(20)19-10-8-15(9-11-19)18-14-6-4-13(17)5-7-14/h4-7,15,18H,2-3,8-12H2,1H3. The van der Waals surface area contributed by atoms with Crippen LogP contribution in [0.25, 0.3) is 0 Å². The van der Waals surface area contributed by atoms with Crippen molar-refractivity contribution in [2.45, 2.75) is 38.6 Å². The van der Waals surface area contributed by atoms with E-state index in [0.29, 0.717) is 12.6 Å². The molecule has 21 heavy (non-hydrogen) atoms. The summed E-state index contributed by atoms with van der Waals surface area (Å²) in [5.74, 6) is 0. The largest absolute Gasteiger partial charge is 0.449 e. The van der Waals surface area contributed by atoms with E-state index >= 15 is 0 Å². The van der Waals surface area contributed by atoms with Gasteiger partial charge in [0.1, 0.15) is 0 Å². The summed E-state index contributed by atoms with van der Waals surface area (Å²) in [6, 6.07) is 8.11. The molecule has 2 rings (SSSR count). The number of amides is 1. The predicted octanol–water partition coefficient (Wildman–Crippen LogP) is 4.15. The highest BCUT2D eigenvalue weighted by Gasteiger charge is 2.23. The molecule has 0 aromatic heterocycles. The van der Waals surface area contributed by atoms with E-state index in [0.717, 1.165) is 49.5 Å². The Morgan fingerprint density at radius 2 is 2.00 bits per heavy atom. The Kier molecular flexibility index (Phi) is 6.18. The number of nitrogens with one attached hydrogen (secondary N) is 1. The number of unbranched alkanes of at least 4 members (excludes halogenated alkanes) is 1. The van der Waals surface area contributed by atoms with Crippen LogP contribution in [0.2, 0.25) is 5.02 Å². The van der Waals surface area contributed by atoms with E-state index < -0.39 is 0 Å². The lowest BCUT2D eigenvalue weighted by Gasteiger charge is -2.32. The Morgan fingerprint density at radius 1 is 1.33 bits per heavy atom. The molecule has 1 saturated heterocycles. The van der Waals surface area contributed by atoms with Gasteiger partial charge in [-0.05, 0) is 43.5 Å². The van der Waals surface area contributed by atoms with Crippen molar-refractivity contribution >= 4 is 23.4 Å². The van der Waals surface area contributed by atoms with E-state index in [9.17, 15) is 4.79 Å². The average molecular weight is 311 g/mol. The van der Waals surface area contributed by atoms with Crippen LogP contribution in [-0.2, 0) is 4.74 Å². The van der Waals surface area contributed by atoms with Crippen LogP contribution in [0.1, 0.15) is 32.6 Å². The van der Waals surface area contributed by atoms with Gasteiger partial charge >= 0.3 is 6.09 Å². The maximum Gasteiger partial charge on any atom is 0.409 e. The molecular weight excluding hydrogens is 288 g/mol. The molecule has 0 bridgehead atoms. The third-order valence-corrected chi connectivity index (χ3v) is 3.94. The molecule has 1 heterocycles. The van der Waals surface area contributed by atoms with Gasteiger partial charge in [0.05, 0.1) is 6.61 Å². The first-order valence-electron chi connectivity index (χ1n) is 7.63. The molecule has 1 aromatic carbocycles. The normalized spacial score (nSPS) is 15.8. The third kappa shape index (κ3) is 5.12. The van der Waals surface area contributed by atoms with Crippen LogP contribution in [0.4, 0.5) is 10.5 Å². The maximum absolute atomic E-state index is 11.8. The van der Waals surface area contributed by atoms with Crippen molar-refractivity contribution in [2.75, 3.05) is 25.0 Å². The Bertz CT molecular complexity index is 442. The zero-order valence-electron chi connectivity index (χ0n) is 12.5. The highest BCUT2D eigenvalue weighted by Crippen LogP contribution is 2.19. The number of carbonyl (C=O) groups is 1. The van der Waals surface area contributed by atoms with Crippen LogP contribution >= 0.6 is 11.6 Å². The number of halogens is 1. The van der Waals surface area contributed by atoms with E-state index in [1.165, 1.54) is 0 Å². The minimum Gasteiger partial charge on any atom is -0.449 e. The van der Waals surface area contributed by atoms with E-state index in [-0.39, 0.29) is 6.09 Å². The van der Waals surface area contributed by atoms with Gasteiger partial charge in [-0.25, -0.2) is 4.79 Å². The van der Waals surface area contributed by atoms with Crippen LogP contribution in [0.15, 0.2) is 24.3 Å². The van der Waals surface area contributed by atoms with Crippen LogP contribution in [-0.4, -0.2) is 36.7 Å². The van der Waals surface area contributed by atoms with Gasteiger partial charge in [-0.1, -0.05) is 24.9 Å². The number of anilines is 1. The molecule has 0 unspecified atom stereocenters. The molecule has 0 saturated carbocycles. The van der Waals surface area contributed by atoms with E-state index in [2.05, 4.69) is 12.2 Å². The van der Waals surface area contributed by atoms with Crippen LogP contribution in [0.5, 0.6) is 0 Å². The van der Waals surface area contributed by atoms with Crippen molar-refractivity contribution in [1.29, 1.82) is 0 Å². The highest BCUT2D eigenvalue weighted by atomic mass is 35.5. The number of rotatable bonds is 5. The summed E-state index contributed by atoms with van der Waals surface area (Å²) in [6.45, 7) is 4.10. The van der Waals surface area contributed by atoms with Gasteiger partial charge in [0.15, 0.2) is 0 Å². The molecule has 0 radical (unpaired) electrons. The summed E-state index contributed by atoms with van der Waals surface area (Å²) in [4.78, 5) is 13.6. The minimum atomic E-state index is -0.173. The predicted molar refractivity (Wildman–Crippen MR) is 85.9 cm³/mol. The van der Waals surface area contributed by atoms with Crippen LogP contribution in [0.3, 0.4) is 0 Å². The molecule has 1 amide bonds. The number of ether oxygens (including phenoxy) is 1. The number of nitrogens with zero attached hydrogens (tertiary/aromatic N) is 1. The second-order valence-corrected chi connectivity index (χ2v) is 5.82. The summed E-state index contributed by atoms with van der Waals surface area (Å²) < 4.78 is 5.24. The first-order chi connectivity index (χ1) is 10.2. The SMILES string of the molecule is CCCCOC(=O)N1CCC(Nc2ccc(Cl)cc2)CC1. The summed E-state index contributed by atoms with van der Waals surface area (Å²) in [5.41, 5.74) is 1.07. The van der Waals surface area contributed by atoms with Gasteiger partial charge in [-0.15, -0.1) is 0 Å². The molecule has 5 heteroatoms. The van der Waals surface area contributed by atoms with Crippen LogP contribution < -0.4 is 5.32 Å². The number of piperidine rings is 1. The number of likely N-dealkylation sites (tertiary alicyclic amines) is 1. The molecule has 116 valence electrons. The van der Waals surface area contributed by atoms with Crippen molar-refractivity contribution in [3.8, 4) is 0 Å². The van der Waals surface area contributed by atoms with Crippen molar-refractivity contribution in [3.63, 3.8) is 0 Å². The van der Waals surface area contributed by atoms with Crippen molar-refractivity contribution in [3.05, 3.63) is 29.3 Å². The van der Waals surface area contributed by atoms with Gasteiger partial charge in [-0.2, -0.15) is 0 Å². The third-order valence-electron chi connectivity index (χ3n) is 3.69. The number of benzene rings is 1. The van der Waals surface area contributed by atoms with E-state index in [4.69, 9.17) is 16.3 Å². The Morgan fingerprint density at radius 3 is 2.62 bits per heavy atom.